The first kappa shape index (κ1) is 22.6. The molecule has 174 valence electrons. The average molecular weight is 453 g/mol. The monoisotopic (exact) mass is 452 g/mol. The Labute approximate surface area is 192 Å². The van der Waals surface area contributed by atoms with E-state index in [-0.39, 0.29) is 18.4 Å². The molecule has 0 spiro atoms. The van der Waals surface area contributed by atoms with Gasteiger partial charge in [0.15, 0.2) is 11.5 Å². The maximum Gasteiger partial charge on any atom is 0.329 e. The third kappa shape index (κ3) is 5.10. The van der Waals surface area contributed by atoms with Gasteiger partial charge in [-0.25, -0.2) is 0 Å². The van der Waals surface area contributed by atoms with Gasteiger partial charge in [-0.3, -0.25) is 14.4 Å². The molecule has 0 radical (unpaired) electrons. The molecule has 2 aliphatic rings. The van der Waals surface area contributed by atoms with Crippen LogP contribution in [0, 0.1) is 0 Å². The lowest BCUT2D eigenvalue weighted by Crippen LogP contribution is -2.35. The van der Waals surface area contributed by atoms with Crippen molar-refractivity contribution in [2.24, 2.45) is 0 Å². The van der Waals surface area contributed by atoms with Gasteiger partial charge in [0.05, 0.1) is 25.7 Å². The summed E-state index contributed by atoms with van der Waals surface area (Å²) < 4.78 is 11.7. The Morgan fingerprint density at radius 1 is 1.12 bits per heavy atom. The van der Waals surface area contributed by atoms with E-state index in [1.54, 1.807) is 24.1 Å². The molecule has 1 fully saturated rings. The molecule has 1 atom stereocenters. The van der Waals surface area contributed by atoms with Crippen LogP contribution in [0.25, 0.3) is 0 Å². The van der Waals surface area contributed by atoms with Gasteiger partial charge in [-0.05, 0) is 55.0 Å². The second-order valence-corrected chi connectivity index (χ2v) is 8.36. The van der Waals surface area contributed by atoms with Crippen molar-refractivity contribution in [2.45, 2.75) is 57.7 Å². The molecule has 1 N–H and O–H groups in total. The number of carbonyl (C=O) groups excluding carboxylic acids is 3. The molecular weight excluding hydrogens is 424 g/mol. The van der Waals surface area contributed by atoms with Crippen molar-refractivity contribution in [3.05, 3.63) is 59.2 Å². The van der Waals surface area contributed by atoms with E-state index in [1.807, 2.05) is 30.3 Å². The number of nitrogens with zero attached hydrogens (tertiary/aromatic N) is 1. The van der Waals surface area contributed by atoms with Crippen molar-refractivity contribution in [2.75, 3.05) is 7.11 Å². The summed E-state index contributed by atoms with van der Waals surface area (Å²) in [6.07, 6.45) is 4.28. The Balaban J connectivity index is 1.64. The first-order valence-corrected chi connectivity index (χ1v) is 11.2. The highest BCUT2D eigenvalue weighted by molar-refractivity contribution is 5.98. The predicted molar refractivity (Wildman–Crippen MR) is 119 cm³/mol. The molecule has 1 saturated carbocycles. The second-order valence-electron chi connectivity index (χ2n) is 8.36. The summed E-state index contributed by atoms with van der Waals surface area (Å²) in [5.41, 5.74) is 4.42. The quantitative estimate of drug-likeness (QED) is 0.644. The third-order valence-corrected chi connectivity index (χ3v) is 6.08. The van der Waals surface area contributed by atoms with Gasteiger partial charge in [-0.2, -0.15) is 5.48 Å². The Bertz CT molecular complexity index is 1050. The van der Waals surface area contributed by atoms with Gasteiger partial charge in [-0.1, -0.05) is 24.3 Å². The number of benzene rings is 2. The maximum atomic E-state index is 13.2. The number of hydroxylamine groups is 1. The minimum absolute atomic E-state index is 0.0811. The number of rotatable bonds is 7. The number of carbonyl (C=O) groups is 3. The molecule has 2 aromatic rings. The van der Waals surface area contributed by atoms with E-state index in [9.17, 15) is 14.4 Å². The molecule has 33 heavy (non-hydrogen) atoms. The molecule has 8 heteroatoms. The Morgan fingerprint density at radius 3 is 2.58 bits per heavy atom. The largest absolute Gasteiger partial charge is 0.493 e. The number of ether oxygens (including phenoxy) is 2. The van der Waals surface area contributed by atoms with E-state index in [4.69, 9.17) is 9.47 Å². The molecule has 8 nitrogen and oxygen atoms in total. The number of fused-ring (bicyclic) bond motifs is 1. The Hall–Kier alpha value is -3.55. The van der Waals surface area contributed by atoms with Crippen molar-refractivity contribution in [3.8, 4) is 11.5 Å². The van der Waals surface area contributed by atoms with E-state index in [1.165, 1.54) is 6.92 Å². The zero-order valence-electron chi connectivity index (χ0n) is 18.8. The lowest BCUT2D eigenvalue weighted by atomic mass is 10.0. The first-order chi connectivity index (χ1) is 16.0. The summed E-state index contributed by atoms with van der Waals surface area (Å²) in [7, 11) is 1.58. The first-order valence-electron chi connectivity index (χ1n) is 11.2. The van der Waals surface area contributed by atoms with Gasteiger partial charge in [0, 0.05) is 19.0 Å². The Kier molecular flexibility index (Phi) is 6.82. The summed E-state index contributed by atoms with van der Waals surface area (Å²) >= 11 is 0. The SMILES string of the molecule is COc1ccc(C(CC(=O)NOC(C)=O)N2Cc3ccccc3C2=O)cc1OC1CCCC1. The van der Waals surface area contributed by atoms with Gasteiger partial charge in [-0.15, -0.1) is 0 Å². The summed E-state index contributed by atoms with van der Waals surface area (Å²) in [6, 6.07) is 12.3. The molecule has 0 bridgehead atoms. The fourth-order valence-electron chi connectivity index (χ4n) is 4.46. The van der Waals surface area contributed by atoms with Gasteiger partial charge in [0.1, 0.15) is 0 Å². The van der Waals surface area contributed by atoms with Crippen LogP contribution in [0.4, 0.5) is 0 Å². The molecular formula is C25H28N2O6. The van der Waals surface area contributed by atoms with Crippen LogP contribution in [0.5, 0.6) is 11.5 Å². The minimum Gasteiger partial charge on any atom is -0.493 e. The summed E-state index contributed by atoms with van der Waals surface area (Å²) in [5, 5.41) is 0. The number of methoxy groups -OCH3 is 1. The van der Waals surface area contributed by atoms with Crippen LogP contribution < -0.4 is 15.0 Å². The summed E-state index contributed by atoms with van der Waals surface area (Å²) in [6.45, 7) is 1.58. The van der Waals surface area contributed by atoms with Crippen LogP contribution in [0.15, 0.2) is 42.5 Å². The van der Waals surface area contributed by atoms with Gasteiger partial charge >= 0.3 is 5.97 Å². The number of hydrogen-bond donors (Lipinski definition) is 1. The molecule has 1 heterocycles. The fraction of sp³-hybridized carbons (Fsp3) is 0.400. The molecule has 2 aromatic carbocycles. The lowest BCUT2D eigenvalue weighted by molar-refractivity contribution is -0.156. The smallest absolute Gasteiger partial charge is 0.329 e. The van der Waals surface area contributed by atoms with E-state index in [0.29, 0.717) is 23.6 Å². The van der Waals surface area contributed by atoms with E-state index < -0.39 is 17.9 Å². The van der Waals surface area contributed by atoms with E-state index in [2.05, 4.69) is 10.3 Å². The highest BCUT2D eigenvalue weighted by Gasteiger charge is 2.35. The Morgan fingerprint density at radius 2 is 1.88 bits per heavy atom. The number of hydrogen-bond acceptors (Lipinski definition) is 6. The second kappa shape index (κ2) is 9.94. The van der Waals surface area contributed by atoms with Crippen LogP contribution in [0.1, 0.15) is 66.6 Å². The topological polar surface area (TPSA) is 94.2 Å². The van der Waals surface area contributed by atoms with Gasteiger partial charge in [0.25, 0.3) is 11.8 Å². The van der Waals surface area contributed by atoms with Crippen molar-refractivity contribution in [3.63, 3.8) is 0 Å². The van der Waals surface area contributed by atoms with Crippen LogP contribution in [0.3, 0.4) is 0 Å². The number of amides is 2. The molecule has 4 rings (SSSR count). The molecule has 0 aromatic heterocycles. The summed E-state index contributed by atoms with van der Waals surface area (Å²) in [5.74, 6) is -0.0829. The maximum absolute atomic E-state index is 13.2. The zero-order valence-corrected chi connectivity index (χ0v) is 18.8. The third-order valence-electron chi connectivity index (χ3n) is 6.08. The lowest BCUT2D eigenvalue weighted by Gasteiger charge is -2.28. The highest BCUT2D eigenvalue weighted by atomic mass is 16.7. The van der Waals surface area contributed by atoms with Crippen LogP contribution in [-0.2, 0) is 21.0 Å². The number of nitrogens with one attached hydrogen (secondary N) is 1. The van der Waals surface area contributed by atoms with Gasteiger partial charge < -0.3 is 19.2 Å². The molecule has 1 aliphatic carbocycles. The van der Waals surface area contributed by atoms with Crippen LogP contribution in [-0.4, -0.2) is 35.9 Å². The van der Waals surface area contributed by atoms with Crippen molar-refractivity contribution >= 4 is 17.8 Å². The standard InChI is InChI=1S/C25H28N2O6/c1-16(28)33-26-24(29)14-21(27-15-18-7-3-6-10-20(18)25(27)30)17-11-12-22(31-2)23(13-17)32-19-8-4-5-9-19/h3,6-7,10-13,19,21H,4-5,8-9,14-15H2,1-2H3,(H,26,29). The van der Waals surface area contributed by atoms with Gasteiger partial charge in [0.2, 0.25) is 0 Å². The van der Waals surface area contributed by atoms with Crippen molar-refractivity contribution in [1.29, 1.82) is 0 Å². The molecule has 1 unspecified atom stereocenters. The average Bonchev–Trinajstić information content (AvgIpc) is 3.44. The summed E-state index contributed by atoms with van der Waals surface area (Å²) in [4.78, 5) is 43.2. The normalized spacial score (nSPS) is 16.3. The van der Waals surface area contributed by atoms with Crippen molar-refractivity contribution < 1.29 is 28.7 Å². The van der Waals surface area contributed by atoms with E-state index >= 15 is 0 Å². The molecule has 2 amide bonds. The van der Waals surface area contributed by atoms with E-state index in [0.717, 1.165) is 36.8 Å². The zero-order chi connectivity index (χ0) is 23.4. The highest BCUT2D eigenvalue weighted by Crippen LogP contribution is 2.38. The molecule has 0 saturated heterocycles. The molecule has 1 aliphatic heterocycles. The van der Waals surface area contributed by atoms with Crippen LogP contribution in [0.2, 0.25) is 0 Å². The fourth-order valence-corrected chi connectivity index (χ4v) is 4.46. The minimum atomic E-state index is -0.624. The predicted octanol–water partition coefficient (Wildman–Crippen LogP) is 3.70. The van der Waals surface area contributed by atoms with Crippen LogP contribution >= 0.6 is 0 Å². The van der Waals surface area contributed by atoms with Crippen molar-refractivity contribution in [1.82, 2.24) is 10.4 Å².